The number of hydrogen-bond donors (Lipinski definition) is 2. The first kappa shape index (κ1) is 12.7. The minimum absolute atomic E-state index is 0.00528. The maximum atomic E-state index is 12.2. The second kappa shape index (κ2) is 4.83. The molecule has 3 unspecified atom stereocenters. The molecule has 2 amide bonds. The van der Waals surface area contributed by atoms with Crippen LogP contribution < -0.4 is 5.32 Å². The Bertz CT molecular complexity index is 384. The van der Waals surface area contributed by atoms with Crippen LogP contribution in [0.25, 0.3) is 0 Å². The molecule has 2 aliphatic rings. The summed E-state index contributed by atoms with van der Waals surface area (Å²) in [6.45, 7) is 0. The van der Waals surface area contributed by atoms with Crippen molar-refractivity contribution in [3.63, 3.8) is 0 Å². The number of carbonyl (C=O) groups is 3. The van der Waals surface area contributed by atoms with Gasteiger partial charge in [-0.25, -0.2) is 9.59 Å². The van der Waals surface area contributed by atoms with Crippen LogP contribution in [-0.4, -0.2) is 53.2 Å². The monoisotopic (exact) mass is 256 g/mol. The van der Waals surface area contributed by atoms with E-state index >= 15 is 0 Å². The van der Waals surface area contributed by atoms with Gasteiger partial charge in [0.15, 0.2) is 0 Å². The van der Waals surface area contributed by atoms with Crippen molar-refractivity contribution in [3.05, 3.63) is 0 Å². The molecule has 2 fully saturated rings. The third kappa shape index (κ3) is 2.12. The minimum atomic E-state index is -0.982. The molecule has 100 valence electrons. The van der Waals surface area contributed by atoms with Crippen LogP contribution in [0.15, 0.2) is 0 Å². The van der Waals surface area contributed by atoms with E-state index in [9.17, 15) is 14.4 Å². The molecule has 2 aliphatic heterocycles. The van der Waals surface area contributed by atoms with Crippen molar-refractivity contribution in [1.29, 1.82) is 0 Å². The highest BCUT2D eigenvalue weighted by molar-refractivity contribution is 5.90. The smallest absolute Gasteiger partial charge is 0.407 e. The molecule has 18 heavy (non-hydrogen) atoms. The molecule has 0 aromatic rings. The Morgan fingerprint density at radius 2 is 2.00 bits per heavy atom. The van der Waals surface area contributed by atoms with Crippen LogP contribution >= 0.6 is 0 Å². The van der Waals surface area contributed by atoms with Crippen LogP contribution in [0, 0.1) is 0 Å². The average molecular weight is 256 g/mol. The summed E-state index contributed by atoms with van der Waals surface area (Å²) in [6, 6.07) is -1.44. The summed E-state index contributed by atoms with van der Waals surface area (Å²) in [5, 5.41) is 11.5. The Labute approximate surface area is 104 Å². The lowest BCUT2D eigenvalue weighted by Crippen LogP contribution is -2.57. The van der Waals surface area contributed by atoms with Crippen LogP contribution in [0.4, 0.5) is 4.79 Å². The van der Waals surface area contributed by atoms with E-state index in [0.29, 0.717) is 25.7 Å². The number of piperidine rings is 1. The van der Waals surface area contributed by atoms with Crippen molar-refractivity contribution < 1.29 is 24.2 Å². The van der Waals surface area contributed by atoms with E-state index < -0.39 is 24.1 Å². The van der Waals surface area contributed by atoms with Gasteiger partial charge in [0.25, 0.3) is 0 Å². The third-order valence-electron chi connectivity index (χ3n) is 3.61. The zero-order valence-electron chi connectivity index (χ0n) is 10.1. The molecule has 0 aliphatic carbocycles. The predicted octanol–water partition coefficient (Wildman–Crippen LogP) is -0.0510. The highest BCUT2D eigenvalue weighted by Crippen LogP contribution is 2.32. The fourth-order valence-corrected chi connectivity index (χ4v) is 2.74. The molecule has 7 nitrogen and oxygen atoms in total. The number of carbonyl (C=O) groups excluding carboxylic acids is 2. The number of hydrogen-bond acceptors (Lipinski definition) is 4. The molecule has 3 atom stereocenters. The maximum Gasteiger partial charge on any atom is 0.407 e. The molecule has 2 heterocycles. The topological polar surface area (TPSA) is 95.9 Å². The number of ether oxygens (including phenoxy) is 1. The standard InChI is InChI=1S/C11H16N2O5/c1-18-11(17)12-7-4-2-6-3-5-8(10(15)16)13(6)9(7)14/h6-8H,2-5H2,1H3,(H,12,17)(H,15,16). The third-order valence-corrected chi connectivity index (χ3v) is 3.61. The first-order valence-electron chi connectivity index (χ1n) is 5.94. The van der Waals surface area contributed by atoms with Crippen molar-refractivity contribution in [2.75, 3.05) is 7.11 Å². The van der Waals surface area contributed by atoms with Crippen LogP contribution in [0.2, 0.25) is 0 Å². The largest absolute Gasteiger partial charge is 0.480 e. The summed E-state index contributed by atoms with van der Waals surface area (Å²) < 4.78 is 4.45. The second-order valence-electron chi connectivity index (χ2n) is 4.60. The van der Waals surface area contributed by atoms with E-state index in [2.05, 4.69) is 10.1 Å². The maximum absolute atomic E-state index is 12.2. The fraction of sp³-hybridized carbons (Fsp3) is 0.727. The van der Waals surface area contributed by atoms with Gasteiger partial charge >= 0.3 is 12.1 Å². The number of aliphatic carboxylic acids is 1. The molecule has 0 aromatic carbocycles. The van der Waals surface area contributed by atoms with Gasteiger partial charge in [-0.05, 0) is 25.7 Å². The molecule has 0 saturated carbocycles. The van der Waals surface area contributed by atoms with Crippen LogP contribution in [0.5, 0.6) is 0 Å². The van der Waals surface area contributed by atoms with Crippen molar-refractivity contribution in [2.45, 2.75) is 43.8 Å². The molecule has 2 N–H and O–H groups in total. The highest BCUT2D eigenvalue weighted by Gasteiger charge is 2.46. The van der Waals surface area contributed by atoms with Gasteiger partial charge in [0.2, 0.25) is 5.91 Å². The van der Waals surface area contributed by atoms with Gasteiger partial charge in [0.1, 0.15) is 12.1 Å². The first-order chi connectivity index (χ1) is 8.54. The highest BCUT2D eigenvalue weighted by atomic mass is 16.5. The number of methoxy groups -OCH3 is 1. The van der Waals surface area contributed by atoms with Gasteiger partial charge in [0.05, 0.1) is 7.11 Å². The number of alkyl carbamates (subject to hydrolysis) is 1. The molecule has 2 rings (SSSR count). The summed E-state index contributed by atoms with van der Waals surface area (Å²) in [4.78, 5) is 35.8. The zero-order valence-corrected chi connectivity index (χ0v) is 10.1. The van der Waals surface area contributed by atoms with E-state index in [0.717, 1.165) is 0 Å². The molecule has 0 radical (unpaired) electrons. The Hall–Kier alpha value is -1.79. The van der Waals surface area contributed by atoms with Gasteiger partial charge in [-0.1, -0.05) is 0 Å². The number of fused-ring (bicyclic) bond motifs is 1. The van der Waals surface area contributed by atoms with Crippen molar-refractivity contribution in [2.24, 2.45) is 0 Å². The zero-order chi connectivity index (χ0) is 13.3. The van der Waals surface area contributed by atoms with E-state index in [1.54, 1.807) is 0 Å². The molecule has 0 aromatic heterocycles. The number of carboxylic acid groups (broad SMARTS) is 1. The number of nitrogens with one attached hydrogen (secondary N) is 1. The lowest BCUT2D eigenvalue weighted by molar-refractivity contribution is -0.152. The Kier molecular flexibility index (Phi) is 3.40. The van der Waals surface area contributed by atoms with Gasteiger partial charge < -0.3 is 20.1 Å². The Morgan fingerprint density at radius 1 is 1.33 bits per heavy atom. The molecule has 0 bridgehead atoms. The summed E-state index contributed by atoms with van der Waals surface area (Å²) >= 11 is 0. The van der Waals surface area contributed by atoms with Crippen molar-refractivity contribution >= 4 is 18.0 Å². The van der Waals surface area contributed by atoms with Crippen molar-refractivity contribution in [1.82, 2.24) is 10.2 Å². The summed E-state index contributed by atoms with van der Waals surface area (Å²) in [7, 11) is 1.22. The minimum Gasteiger partial charge on any atom is -0.480 e. The van der Waals surface area contributed by atoms with Crippen LogP contribution in [-0.2, 0) is 14.3 Å². The van der Waals surface area contributed by atoms with Gasteiger partial charge in [-0.2, -0.15) is 0 Å². The summed E-state index contributed by atoms with van der Waals surface area (Å²) in [5.74, 6) is -1.30. The van der Waals surface area contributed by atoms with E-state index in [-0.39, 0.29) is 11.9 Å². The van der Waals surface area contributed by atoms with Gasteiger partial charge in [-0.15, -0.1) is 0 Å². The molecule has 7 heteroatoms. The SMILES string of the molecule is COC(=O)NC1CCC2CCC(C(=O)O)N2C1=O. The van der Waals surface area contributed by atoms with Crippen molar-refractivity contribution in [3.8, 4) is 0 Å². The Balaban J connectivity index is 2.09. The lowest BCUT2D eigenvalue weighted by atomic mass is 9.98. The second-order valence-corrected chi connectivity index (χ2v) is 4.60. The van der Waals surface area contributed by atoms with E-state index in [4.69, 9.17) is 5.11 Å². The van der Waals surface area contributed by atoms with E-state index in [1.165, 1.54) is 12.0 Å². The van der Waals surface area contributed by atoms with Crippen LogP contribution in [0.1, 0.15) is 25.7 Å². The number of nitrogens with zero attached hydrogens (tertiary/aromatic N) is 1. The lowest BCUT2D eigenvalue weighted by Gasteiger charge is -2.36. The average Bonchev–Trinajstić information content (AvgIpc) is 2.77. The number of carboxylic acids is 1. The number of amides is 2. The van der Waals surface area contributed by atoms with E-state index in [1.807, 2.05) is 0 Å². The molecular formula is C11H16N2O5. The van der Waals surface area contributed by atoms with Gasteiger partial charge in [0, 0.05) is 6.04 Å². The molecule has 2 saturated heterocycles. The number of rotatable bonds is 2. The first-order valence-corrected chi connectivity index (χ1v) is 5.94. The predicted molar refractivity (Wildman–Crippen MR) is 59.9 cm³/mol. The summed E-state index contributed by atoms with van der Waals surface area (Å²) in [5.41, 5.74) is 0. The quantitative estimate of drug-likeness (QED) is 0.722. The normalized spacial score (nSPS) is 30.8. The van der Waals surface area contributed by atoms with Crippen LogP contribution in [0.3, 0.4) is 0 Å². The molecular weight excluding hydrogens is 240 g/mol. The van der Waals surface area contributed by atoms with Gasteiger partial charge in [-0.3, -0.25) is 4.79 Å². The Morgan fingerprint density at radius 3 is 2.61 bits per heavy atom. The fourth-order valence-electron chi connectivity index (χ4n) is 2.74. The molecule has 0 spiro atoms. The summed E-state index contributed by atoms with van der Waals surface area (Å²) in [6.07, 6.45) is 1.77.